The molecule has 19 heavy (non-hydrogen) atoms. The molecule has 4 heteroatoms. The van der Waals surface area contributed by atoms with Crippen molar-refractivity contribution in [2.75, 3.05) is 0 Å². The zero-order valence-corrected chi connectivity index (χ0v) is 10.8. The molecule has 0 atom stereocenters. The minimum Gasteiger partial charge on any atom is -0.452 e. The van der Waals surface area contributed by atoms with E-state index >= 15 is 0 Å². The molecule has 2 aromatic rings. The third kappa shape index (κ3) is 2.96. The molecular formula is C15H14FNO2. The number of carbonyl (C=O) groups excluding carboxylic acids is 1. The Balaban J connectivity index is 2.33. The van der Waals surface area contributed by atoms with Crippen LogP contribution in [0.4, 0.5) is 4.39 Å². The number of halogens is 1. The van der Waals surface area contributed by atoms with Gasteiger partial charge in [-0.2, -0.15) is 0 Å². The molecule has 0 bridgehead atoms. The molecule has 0 saturated carbocycles. The molecule has 2 rings (SSSR count). The highest BCUT2D eigenvalue weighted by molar-refractivity contribution is 5.75. The van der Waals surface area contributed by atoms with Gasteiger partial charge in [0, 0.05) is 11.3 Å². The standard InChI is InChI=1S/C15H14FNO2/c1-3-13-15(6-4-10(2)17-13)19-14-7-5-11(9-18)8-12(14)16/h4-9H,3H2,1-2H3. The van der Waals surface area contributed by atoms with Crippen LogP contribution < -0.4 is 4.74 Å². The van der Waals surface area contributed by atoms with E-state index in [4.69, 9.17) is 4.74 Å². The number of nitrogens with zero attached hydrogens (tertiary/aromatic N) is 1. The number of pyridine rings is 1. The minimum atomic E-state index is -0.563. The Hall–Kier alpha value is -2.23. The number of aldehydes is 1. The van der Waals surface area contributed by atoms with Crippen molar-refractivity contribution in [3.8, 4) is 11.5 Å². The zero-order valence-electron chi connectivity index (χ0n) is 10.8. The molecule has 0 aliphatic heterocycles. The summed E-state index contributed by atoms with van der Waals surface area (Å²) in [5.41, 5.74) is 1.95. The fraction of sp³-hybridized carbons (Fsp3) is 0.200. The van der Waals surface area contributed by atoms with Crippen LogP contribution in [0.25, 0.3) is 0 Å². The second-order valence-electron chi connectivity index (χ2n) is 4.16. The molecule has 0 saturated heterocycles. The van der Waals surface area contributed by atoms with Gasteiger partial charge in [0.1, 0.15) is 12.0 Å². The minimum absolute atomic E-state index is 0.0888. The van der Waals surface area contributed by atoms with Gasteiger partial charge < -0.3 is 4.74 Å². The summed E-state index contributed by atoms with van der Waals surface area (Å²) in [6.45, 7) is 3.85. The number of rotatable bonds is 4. The van der Waals surface area contributed by atoms with Crippen molar-refractivity contribution in [3.63, 3.8) is 0 Å². The number of hydrogen-bond acceptors (Lipinski definition) is 3. The van der Waals surface area contributed by atoms with Crippen molar-refractivity contribution in [2.45, 2.75) is 20.3 Å². The van der Waals surface area contributed by atoms with Gasteiger partial charge in [-0.3, -0.25) is 9.78 Å². The lowest BCUT2D eigenvalue weighted by atomic mass is 10.2. The maximum atomic E-state index is 13.7. The number of aromatic nitrogens is 1. The summed E-state index contributed by atoms with van der Waals surface area (Å²) in [5, 5.41) is 0. The topological polar surface area (TPSA) is 39.2 Å². The highest BCUT2D eigenvalue weighted by Crippen LogP contribution is 2.27. The van der Waals surface area contributed by atoms with Gasteiger partial charge in [0.15, 0.2) is 11.6 Å². The molecule has 0 aliphatic rings. The van der Waals surface area contributed by atoms with Gasteiger partial charge in [0.05, 0.1) is 5.69 Å². The summed E-state index contributed by atoms with van der Waals surface area (Å²) in [6.07, 6.45) is 1.29. The summed E-state index contributed by atoms with van der Waals surface area (Å²) < 4.78 is 19.3. The summed E-state index contributed by atoms with van der Waals surface area (Å²) in [6, 6.07) is 7.69. The Bertz CT molecular complexity index is 611. The van der Waals surface area contributed by atoms with Crippen molar-refractivity contribution in [1.29, 1.82) is 0 Å². The molecule has 0 aliphatic carbocycles. The number of benzene rings is 1. The molecule has 0 unspecified atom stereocenters. The van der Waals surface area contributed by atoms with E-state index in [1.54, 1.807) is 6.07 Å². The van der Waals surface area contributed by atoms with Gasteiger partial charge in [-0.05, 0) is 43.7 Å². The quantitative estimate of drug-likeness (QED) is 0.786. The summed E-state index contributed by atoms with van der Waals surface area (Å²) >= 11 is 0. The van der Waals surface area contributed by atoms with Gasteiger partial charge in [-0.1, -0.05) is 6.92 Å². The lowest BCUT2D eigenvalue weighted by Gasteiger charge is -2.10. The monoisotopic (exact) mass is 259 g/mol. The lowest BCUT2D eigenvalue weighted by molar-refractivity contribution is 0.112. The van der Waals surface area contributed by atoms with E-state index in [1.165, 1.54) is 12.1 Å². The molecule has 0 spiro atoms. The van der Waals surface area contributed by atoms with Crippen LogP contribution in [-0.4, -0.2) is 11.3 Å². The second kappa shape index (κ2) is 5.61. The van der Waals surface area contributed by atoms with Crippen LogP contribution in [0, 0.1) is 12.7 Å². The van der Waals surface area contributed by atoms with Crippen LogP contribution in [0.2, 0.25) is 0 Å². The number of carbonyl (C=O) groups is 1. The van der Waals surface area contributed by atoms with Crippen LogP contribution in [0.3, 0.4) is 0 Å². The van der Waals surface area contributed by atoms with E-state index in [0.29, 0.717) is 18.5 Å². The van der Waals surface area contributed by atoms with Crippen LogP contribution in [-0.2, 0) is 6.42 Å². The van der Waals surface area contributed by atoms with Gasteiger partial charge in [0.25, 0.3) is 0 Å². The predicted octanol–water partition coefficient (Wildman–Crippen LogP) is 3.70. The molecule has 98 valence electrons. The third-order valence-corrected chi connectivity index (χ3v) is 2.72. The Morgan fingerprint density at radius 2 is 2.00 bits per heavy atom. The summed E-state index contributed by atoms with van der Waals surface area (Å²) in [5.74, 6) is 0.0593. The van der Waals surface area contributed by atoms with Crippen molar-refractivity contribution >= 4 is 6.29 Å². The van der Waals surface area contributed by atoms with Crippen molar-refractivity contribution < 1.29 is 13.9 Å². The first kappa shape index (κ1) is 13.2. The first-order chi connectivity index (χ1) is 9.13. The Morgan fingerprint density at radius 3 is 2.63 bits per heavy atom. The summed E-state index contributed by atoms with van der Waals surface area (Å²) in [7, 11) is 0. The van der Waals surface area contributed by atoms with Crippen LogP contribution in [0.5, 0.6) is 11.5 Å². The van der Waals surface area contributed by atoms with E-state index in [1.807, 2.05) is 19.9 Å². The number of hydrogen-bond donors (Lipinski definition) is 0. The first-order valence-corrected chi connectivity index (χ1v) is 6.03. The molecular weight excluding hydrogens is 245 g/mol. The largest absolute Gasteiger partial charge is 0.452 e. The van der Waals surface area contributed by atoms with E-state index < -0.39 is 5.82 Å². The molecule has 0 amide bonds. The molecule has 1 heterocycles. The maximum absolute atomic E-state index is 13.7. The Labute approximate surface area is 111 Å². The number of ether oxygens (including phenoxy) is 1. The Morgan fingerprint density at radius 1 is 1.26 bits per heavy atom. The second-order valence-corrected chi connectivity index (χ2v) is 4.16. The van der Waals surface area contributed by atoms with Crippen molar-refractivity contribution in [1.82, 2.24) is 4.98 Å². The van der Waals surface area contributed by atoms with Crippen molar-refractivity contribution in [2.24, 2.45) is 0 Å². The molecule has 1 aromatic heterocycles. The average molecular weight is 259 g/mol. The van der Waals surface area contributed by atoms with Crippen LogP contribution >= 0.6 is 0 Å². The fourth-order valence-electron chi connectivity index (χ4n) is 1.74. The van der Waals surface area contributed by atoms with E-state index in [0.717, 1.165) is 17.5 Å². The maximum Gasteiger partial charge on any atom is 0.166 e. The van der Waals surface area contributed by atoms with Gasteiger partial charge in [0.2, 0.25) is 0 Å². The normalized spacial score (nSPS) is 10.3. The van der Waals surface area contributed by atoms with E-state index in [-0.39, 0.29) is 11.3 Å². The molecule has 0 fully saturated rings. The van der Waals surface area contributed by atoms with Crippen LogP contribution in [0.15, 0.2) is 30.3 Å². The third-order valence-electron chi connectivity index (χ3n) is 2.72. The average Bonchev–Trinajstić information content (AvgIpc) is 2.42. The molecule has 0 N–H and O–H groups in total. The fourth-order valence-corrected chi connectivity index (χ4v) is 1.74. The first-order valence-electron chi connectivity index (χ1n) is 6.03. The predicted molar refractivity (Wildman–Crippen MR) is 70.2 cm³/mol. The molecule has 1 aromatic carbocycles. The van der Waals surface area contributed by atoms with E-state index in [9.17, 15) is 9.18 Å². The summed E-state index contributed by atoms with van der Waals surface area (Å²) in [4.78, 5) is 14.9. The highest BCUT2D eigenvalue weighted by atomic mass is 19.1. The number of aryl methyl sites for hydroxylation is 2. The Kier molecular flexibility index (Phi) is 3.90. The van der Waals surface area contributed by atoms with Crippen molar-refractivity contribution in [3.05, 3.63) is 53.1 Å². The zero-order chi connectivity index (χ0) is 13.8. The molecule has 3 nitrogen and oxygen atoms in total. The van der Waals surface area contributed by atoms with Gasteiger partial charge >= 0.3 is 0 Å². The SMILES string of the molecule is CCc1nc(C)ccc1Oc1ccc(C=O)cc1F. The van der Waals surface area contributed by atoms with Crippen LogP contribution in [0.1, 0.15) is 28.7 Å². The lowest BCUT2D eigenvalue weighted by Crippen LogP contribution is -1.97. The van der Waals surface area contributed by atoms with Gasteiger partial charge in [-0.15, -0.1) is 0 Å². The smallest absolute Gasteiger partial charge is 0.166 e. The highest BCUT2D eigenvalue weighted by Gasteiger charge is 2.09. The molecule has 0 radical (unpaired) electrons. The van der Waals surface area contributed by atoms with E-state index in [2.05, 4.69) is 4.98 Å². The van der Waals surface area contributed by atoms with Gasteiger partial charge in [-0.25, -0.2) is 4.39 Å².